The van der Waals surface area contributed by atoms with Crippen molar-refractivity contribution in [2.45, 2.75) is 32.4 Å². The number of hydrogen-bond acceptors (Lipinski definition) is 1. The van der Waals surface area contributed by atoms with Crippen LogP contribution in [0.1, 0.15) is 25.3 Å². The number of hydrogen-bond donors (Lipinski definition) is 0. The maximum atomic E-state index is 11.0. The molecule has 1 unspecified atom stereocenters. The van der Waals surface area contributed by atoms with Gasteiger partial charge >= 0.3 is 0 Å². The maximum absolute atomic E-state index is 11.0. The number of amides is 1. The molecule has 15 heavy (non-hydrogen) atoms. The third kappa shape index (κ3) is 2.58. The first-order valence-electron chi connectivity index (χ1n) is 5.56. The van der Waals surface area contributed by atoms with Crippen molar-refractivity contribution in [1.82, 2.24) is 4.90 Å². The van der Waals surface area contributed by atoms with Gasteiger partial charge in [0, 0.05) is 12.6 Å². The van der Waals surface area contributed by atoms with Crippen LogP contribution < -0.4 is 0 Å². The van der Waals surface area contributed by atoms with Crippen LogP contribution >= 0.6 is 0 Å². The molecule has 0 aliphatic heterocycles. The lowest BCUT2D eigenvalue weighted by atomic mass is 10.1. The molecule has 1 atom stereocenters. The molecule has 0 bridgehead atoms. The second kappa shape index (κ2) is 4.47. The van der Waals surface area contributed by atoms with E-state index in [1.165, 1.54) is 18.4 Å². The van der Waals surface area contributed by atoms with Gasteiger partial charge in [-0.25, -0.2) is 0 Å². The molecule has 1 fully saturated rings. The first-order chi connectivity index (χ1) is 7.31. The first-order valence-corrected chi connectivity index (χ1v) is 5.56. The van der Waals surface area contributed by atoms with Gasteiger partial charge in [0.25, 0.3) is 0 Å². The van der Waals surface area contributed by atoms with Crippen molar-refractivity contribution >= 4 is 6.41 Å². The first kappa shape index (κ1) is 10.2. The minimum atomic E-state index is 0.391. The molecule has 0 spiro atoms. The van der Waals surface area contributed by atoms with Gasteiger partial charge in [-0.2, -0.15) is 0 Å². The Morgan fingerprint density at radius 1 is 1.40 bits per heavy atom. The summed E-state index contributed by atoms with van der Waals surface area (Å²) in [6.07, 6.45) is 3.54. The summed E-state index contributed by atoms with van der Waals surface area (Å²) >= 11 is 0. The van der Waals surface area contributed by atoms with Gasteiger partial charge < -0.3 is 4.90 Å². The Kier molecular flexibility index (Phi) is 3.05. The highest BCUT2D eigenvalue weighted by atomic mass is 16.1. The molecule has 0 saturated heterocycles. The van der Waals surface area contributed by atoms with Gasteiger partial charge in [-0.05, 0) is 31.2 Å². The molecule has 1 amide bonds. The topological polar surface area (TPSA) is 20.3 Å². The molecule has 0 aromatic heterocycles. The lowest BCUT2D eigenvalue weighted by Gasteiger charge is -2.25. The van der Waals surface area contributed by atoms with Crippen molar-refractivity contribution < 1.29 is 4.79 Å². The summed E-state index contributed by atoms with van der Waals surface area (Å²) in [5, 5.41) is 0. The fourth-order valence-corrected chi connectivity index (χ4v) is 1.92. The fraction of sp³-hybridized carbons (Fsp3) is 0.462. The molecule has 2 rings (SSSR count). The van der Waals surface area contributed by atoms with Gasteiger partial charge in [0.2, 0.25) is 6.41 Å². The van der Waals surface area contributed by atoms with Crippen molar-refractivity contribution in [3.05, 3.63) is 35.9 Å². The molecule has 2 heteroatoms. The zero-order valence-electron chi connectivity index (χ0n) is 9.10. The summed E-state index contributed by atoms with van der Waals surface area (Å²) in [6, 6.07) is 10.5. The third-order valence-electron chi connectivity index (χ3n) is 3.17. The average Bonchev–Trinajstić information content (AvgIpc) is 3.10. The van der Waals surface area contributed by atoms with Crippen LogP contribution in [0.3, 0.4) is 0 Å². The van der Waals surface area contributed by atoms with Crippen LogP contribution in [-0.2, 0) is 11.3 Å². The van der Waals surface area contributed by atoms with Crippen LogP contribution in [0.4, 0.5) is 0 Å². The smallest absolute Gasteiger partial charge is 0.210 e. The highest BCUT2D eigenvalue weighted by Crippen LogP contribution is 2.35. The summed E-state index contributed by atoms with van der Waals surface area (Å²) in [5.41, 5.74) is 1.21. The molecule has 1 aromatic carbocycles. The van der Waals surface area contributed by atoms with Crippen molar-refractivity contribution in [3.8, 4) is 0 Å². The monoisotopic (exact) mass is 203 g/mol. The van der Waals surface area contributed by atoms with E-state index in [0.29, 0.717) is 6.04 Å². The number of nitrogens with zero attached hydrogens (tertiary/aromatic N) is 1. The molecule has 80 valence electrons. The Morgan fingerprint density at radius 3 is 2.60 bits per heavy atom. The van der Waals surface area contributed by atoms with E-state index in [9.17, 15) is 4.79 Å². The molecule has 0 N–H and O–H groups in total. The summed E-state index contributed by atoms with van der Waals surface area (Å²) in [7, 11) is 0. The second-order valence-electron chi connectivity index (χ2n) is 4.34. The quantitative estimate of drug-likeness (QED) is 0.673. The molecule has 1 aliphatic carbocycles. The second-order valence-corrected chi connectivity index (χ2v) is 4.34. The molecular weight excluding hydrogens is 186 g/mol. The van der Waals surface area contributed by atoms with Gasteiger partial charge in [0.1, 0.15) is 0 Å². The van der Waals surface area contributed by atoms with E-state index in [-0.39, 0.29) is 0 Å². The molecule has 1 saturated carbocycles. The largest absolute Gasteiger partial charge is 0.338 e. The Morgan fingerprint density at radius 2 is 2.07 bits per heavy atom. The molecular formula is C13H17NO. The molecule has 1 aromatic rings. The number of carbonyl (C=O) groups is 1. The Bertz CT molecular complexity index is 319. The standard InChI is InChI=1S/C13H17NO/c1-11(13-7-8-13)14(10-15)9-12-5-3-2-4-6-12/h2-6,10-11,13H,7-9H2,1H3. The van der Waals surface area contributed by atoms with E-state index in [0.717, 1.165) is 18.9 Å². The zero-order chi connectivity index (χ0) is 10.7. The van der Waals surface area contributed by atoms with Crippen LogP contribution in [-0.4, -0.2) is 17.4 Å². The van der Waals surface area contributed by atoms with Crippen molar-refractivity contribution in [3.63, 3.8) is 0 Å². The van der Waals surface area contributed by atoms with E-state index in [1.807, 2.05) is 23.1 Å². The minimum Gasteiger partial charge on any atom is -0.338 e. The van der Waals surface area contributed by atoms with Crippen LogP contribution in [0.5, 0.6) is 0 Å². The lowest BCUT2D eigenvalue weighted by molar-refractivity contribution is -0.120. The highest BCUT2D eigenvalue weighted by Gasteiger charge is 2.31. The Balaban J connectivity index is 1.98. The summed E-state index contributed by atoms with van der Waals surface area (Å²) in [6.45, 7) is 2.89. The Labute approximate surface area is 90.9 Å². The summed E-state index contributed by atoms with van der Waals surface area (Å²) in [4.78, 5) is 12.9. The summed E-state index contributed by atoms with van der Waals surface area (Å²) < 4.78 is 0. The Hall–Kier alpha value is -1.31. The minimum absolute atomic E-state index is 0.391. The number of carbonyl (C=O) groups excluding carboxylic acids is 1. The van der Waals surface area contributed by atoms with Crippen LogP contribution in [0.15, 0.2) is 30.3 Å². The van der Waals surface area contributed by atoms with E-state index >= 15 is 0 Å². The van der Waals surface area contributed by atoms with E-state index in [4.69, 9.17) is 0 Å². The average molecular weight is 203 g/mol. The summed E-state index contributed by atoms with van der Waals surface area (Å²) in [5.74, 6) is 0.735. The zero-order valence-corrected chi connectivity index (χ0v) is 9.10. The van der Waals surface area contributed by atoms with Crippen LogP contribution in [0.2, 0.25) is 0 Å². The van der Waals surface area contributed by atoms with Crippen molar-refractivity contribution in [2.75, 3.05) is 0 Å². The highest BCUT2D eigenvalue weighted by molar-refractivity contribution is 5.48. The van der Waals surface area contributed by atoms with E-state index < -0.39 is 0 Å². The normalized spacial score (nSPS) is 17.1. The lowest BCUT2D eigenvalue weighted by Crippen LogP contribution is -2.32. The molecule has 0 radical (unpaired) electrons. The predicted octanol–water partition coefficient (Wildman–Crippen LogP) is 2.44. The van der Waals surface area contributed by atoms with Gasteiger partial charge in [-0.15, -0.1) is 0 Å². The van der Waals surface area contributed by atoms with Gasteiger partial charge in [-0.1, -0.05) is 30.3 Å². The fourth-order valence-electron chi connectivity index (χ4n) is 1.92. The molecule has 1 aliphatic rings. The third-order valence-corrected chi connectivity index (χ3v) is 3.17. The number of benzene rings is 1. The van der Waals surface area contributed by atoms with Crippen LogP contribution in [0.25, 0.3) is 0 Å². The van der Waals surface area contributed by atoms with Gasteiger partial charge in [0.15, 0.2) is 0 Å². The van der Waals surface area contributed by atoms with Crippen LogP contribution in [0, 0.1) is 5.92 Å². The van der Waals surface area contributed by atoms with Crippen molar-refractivity contribution in [2.24, 2.45) is 5.92 Å². The SMILES string of the molecule is CC(C1CC1)N(C=O)Cc1ccccc1. The number of rotatable bonds is 5. The van der Waals surface area contributed by atoms with Gasteiger partial charge in [-0.3, -0.25) is 4.79 Å². The van der Waals surface area contributed by atoms with Crippen molar-refractivity contribution in [1.29, 1.82) is 0 Å². The maximum Gasteiger partial charge on any atom is 0.210 e. The van der Waals surface area contributed by atoms with Gasteiger partial charge in [0.05, 0.1) is 0 Å². The molecule has 0 heterocycles. The van der Waals surface area contributed by atoms with E-state index in [1.54, 1.807) is 0 Å². The predicted molar refractivity (Wildman–Crippen MR) is 60.2 cm³/mol. The van der Waals surface area contributed by atoms with E-state index in [2.05, 4.69) is 19.1 Å². The molecule has 2 nitrogen and oxygen atoms in total.